The first kappa shape index (κ1) is 34.3. The maximum Gasteiger partial charge on any atom is 0.320 e. The largest absolute Gasteiger partial charge is 0.459 e. The van der Waals surface area contributed by atoms with E-state index in [9.17, 15) is 14.4 Å². The quantitative estimate of drug-likeness (QED) is 0.352. The van der Waals surface area contributed by atoms with Crippen molar-refractivity contribution in [2.24, 2.45) is 0 Å². The molecule has 0 spiro atoms. The molecule has 1 heterocycles. The summed E-state index contributed by atoms with van der Waals surface area (Å²) in [4.78, 5) is 46.4. The van der Waals surface area contributed by atoms with Gasteiger partial charge in [-0.15, -0.1) is 0 Å². The molecule has 222 valence electrons. The van der Waals surface area contributed by atoms with Crippen molar-refractivity contribution in [1.82, 2.24) is 19.6 Å². The van der Waals surface area contributed by atoms with Gasteiger partial charge in [0.2, 0.25) is 0 Å². The molecule has 1 aliphatic heterocycles. The summed E-state index contributed by atoms with van der Waals surface area (Å²) < 4.78 is 16.7. The monoisotopic (exact) mass is 542 g/mol. The van der Waals surface area contributed by atoms with Crippen LogP contribution in [0, 0.1) is 0 Å². The van der Waals surface area contributed by atoms with Gasteiger partial charge >= 0.3 is 17.9 Å². The molecule has 0 unspecified atom stereocenters. The maximum atomic E-state index is 12.7. The molecule has 10 nitrogen and oxygen atoms in total. The Labute approximate surface area is 230 Å². The van der Waals surface area contributed by atoms with Crippen molar-refractivity contribution in [2.45, 2.75) is 86.0 Å². The van der Waals surface area contributed by atoms with Crippen LogP contribution in [0.5, 0.6) is 0 Å². The summed E-state index contributed by atoms with van der Waals surface area (Å²) in [5.41, 5.74) is -1.66. The first-order chi connectivity index (χ1) is 17.3. The third-order valence-corrected chi connectivity index (χ3v) is 5.70. The Morgan fingerprint density at radius 2 is 0.684 bits per heavy atom. The Morgan fingerprint density at radius 3 is 0.868 bits per heavy atom. The van der Waals surface area contributed by atoms with E-state index in [-0.39, 0.29) is 37.5 Å². The van der Waals surface area contributed by atoms with Crippen molar-refractivity contribution < 1.29 is 28.6 Å². The van der Waals surface area contributed by atoms with Gasteiger partial charge < -0.3 is 19.1 Å². The zero-order valence-electron chi connectivity index (χ0n) is 25.7. The van der Waals surface area contributed by atoms with Gasteiger partial charge in [-0.1, -0.05) is 6.92 Å². The van der Waals surface area contributed by atoms with Crippen LogP contribution in [0.1, 0.15) is 69.2 Å². The second-order valence-electron chi connectivity index (χ2n) is 13.0. The molecule has 10 heteroatoms. The molecule has 0 saturated carbocycles. The number of carbonyl (C=O) groups excluding carboxylic acids is 3. The van der Waals surface area contributed by atoms with Gasteiger partial charge in [0.05, 0.1) is 19.6 Å². The molecule has 1 rings (SSSR count). The predicted octanol–water partition coefficient (Wildman–Crippen LogP) is 2.25. The van der Waals surface area contributed by atoms with Gasteiger partial charge in [0.1, 0.15) is 16.8 Å². The molecule has 0 bridgehead atoms. The summed E-state index contributed by atoms with van der Waals surface area (Å²) in [7, 11) is 0. The second kappa shape index (κ2) is 15.1. The molecular weight excluding hydrogens is 488 g/mol. The molecule has 0 amide bonds. The highest BCUT2D eigenvalue weighted by atomic mass is 16.6. The van der Waals surface area contributed by atoms with E-state index in [2.05, 4.69) is 21.6 Å². The summed E-state index contributed by atoms with van der Waals surface area (Å²) in [5.74, 6) is -0.802. The van der Waals surface area contributed by atoms with Crippen LogP contribution >= 0.6 is 0 Å². The van der Waals surface area contributed by atoms with Crippen LogP contribution in [0.25, 0.3) is 0 Å². The van der Waals surface area contributed by atoms with Crippen molar-refractivity contribution in [3.8, 4) is 0 Å². The van der Waals surface area contributed by atoms with Gasteiger partial charge in [0, 0.05) is 52.4 Å². The minimum atomic E-state index is -0.571. The van der Waals surface area contributed by atoms with Crippen LogP contribution in [-0.2, 0) is 28.6 Å². The second-order valence-corrected chi connectivity index (χ2v) is 13.0. The Hall–Kier alpha value is -1.75. The molecule has 0 atom stereocenters. The van der Waals surface area contributed by atoms with Gasteiger partial charge in [-0.25, -0.2) is 0 Å². The summed E-state index contributed by atoms with van der Waals surface area (Å²) in [6.45, 7) is 25.6. The Kier molecular flexibility index (Phi) is 13.7. The fraction of sp³-hybridized carbons (Fsp3) is 0.893. The topological polar surface area (TPSA) is 91.9 Å². The van der Waals surface area contributed by atoms with Crippen LogP contribution in [0.15, 0.2) is 0 Å². The minimum absolute atomic E-state index is 0.138. The Bertz CT molecular complexity index is 708. The van der Waals surface area contributed by atoms with Crippen LogP contribution in [0.2, 0.25) is 0 Å². The van der Waals surface area contributed by atoms with E-state index in [1.807, 2.05) is 67.2 Å². The van der Waals surface area contributed by atoms with Gasteiger partial charge in [0.25, 0.3) is 0 Å². The number of likely N-dealkylation sites (N-methyl/N-ethyl adjacent to an activating group) is 1. The molecule has 1 aliphatic rings. The first-order valence-corrected chi connectivity index (χ1v) is 13.9. The predicted molar refractivity (Wildman–Crippen MR) is 149 cm³/mol. The van der Waals surface area contributed by atoms with Crippen molar-refractivity contribution in [3.05, 3.63) is 0 Å². The van der Waals surface area contributed by atoms with Crippen molar-refractivity contribution in [3.63, 3.8) is 0 Å². The number of nitrogens with zero attached hydrogens (tertiary/aromatic N) is 4. The van der Waals surface area contributed by atoms with Crippen LogP contribution < -0.4 is 0 Å². The number of hydrogen-bond acceptors (Lipinski definition) is 10. The van der Waals surface area contributed by atoms with Crippen LogP contribution in [0.3, 0.4) is 0 Å². The lowest BCUT2D eigenvalue weighted by atomic mass is 10.2. The number of rotatable bonds is 7. The summed E-state index contributed by atoms with van der Waals surface area (Å²) in [5, 5.41) is 0. The summed E-state index contributed by atoms with van der Waals surface area (Å²) >= 11 is 0. The molecule has 0 aromatic rings. The van der Waals surface area contributed by atoms with E-state index in [0.29, 0.717) is 39.3 Å². The zero-order valence-corrected chi connectivity index (χ0v) is 25.7. The first-order valence-electron chi connectivity index (χ1n) is 13.9. The average Bonchev–Trinajstić information content (AvgIpc) is 2.69. The molecule has 0 radical (unpaired) electrons. The molecule has 0 N–H and O–H groups in total. The lowest BCUT2D eigenvalue weighted by Gasteiger charge is -2.34. The van der Waals surface area contributed by atoms with Crippen LogP contribution in [0.4, 0.5) is 0 Å². The fourth-order valence-corrected chi connectivity index (χ4v) is 4.04. The van der Waals surface area contributed by atoms with Crippen LogP contribution in [-0.4, -0.2) is 133 Å². The maximum absolute atomic E-state index is 12.7. The van der Waals surface area contributed by atoms with Crippen molar-refractivity contribution in [1.29, 1.82) is 0 Å². The standard InChI is InChI=1S/C28H54N4O6/c1-11-29-12-14-30(20-23(33)36-26(2,3)4)16-18-32(22-25(35)38-28(8,9)10)19-17-31(15-13-29)21-24(34)37-27(5,6)7/h11-22H2,1-10H3. The normalized spacial score (nSPS) is 18.8. The molecular formula is C28H54N4O6. The van der Waals surface area contributed by atoms with E-state index in [0.717, 1.165) is 19.6 Å². The third kappa shape index (κ3) is 17.0. The molecule has 1 fully saturated rings. The van der Waals surface area contributed by atoms with E-state index in [1.165, 1.54) is 0 Å². The molecule has 1 saturated heterocycles. The SMILES string of the molecule is CCN1CCN(CC(=O)OC(C)(C)C)CCN(CC(=O)OC(C)(C)C)CCN(CC(=O)OC(C)(C)C)CC1. The zero-order chi connectivity index (χ0) is 29.1. The molecule has 38 heavy (non-hydrogen) atoms. The summed E-state index contributed by atoms with van der Waals surface area (Å²) in [6, 6.07) is 0. The lowest BCUT2D eigenvalue weighted by molar-refractivity contribution is -0.158. The lowest BCUT2D eigenvalue weighted by Crippen LogP contribution is -2.49. The average molecular weight is 543 g/mol. The van der Waals surface area contributed by atoms with Gasteiger partial charge in [-0.3, -0.25) is 29.1 Å². The Balaban J connectivity index is 3.03. The highest BCUT2D eigenvalue weighted by molar-refractivity contribution is 5.73. The number of ether oxygens (including phenoxy) is 3. The molecule has 0 aromatic heterocycles. The van der Waals surface area contributed by atoms with Crippen molar-refractivity contribution >= 4 is 17.9 Å². The highest BCUT2D eigenvalue weighted by Crippen LogP contribution is 2.11. The van der Waals surface area contributed by atoms with E-state index in [4.69, 9.17) is 14.2 Å². The fourth-order valence-electron chi connectivity index (χ4n) is 4.04. The smallest absolute Gasteiger partial charge is 0.320 e. The molecule has 0 aliphatic carbocycles. The van der Waals surface area contributed by atoms with E-state index >= 15 is 0 Å². The Morgan fingerprint density at radius 1 is 0.474 bits per heavy atom. The highest BCUT2D eigenvalue weighted by Gasteiger charge is 2.25. The third-order valence-electron chi connectivity index (χ3n) is 5.70. The van der Waals surface area contributed by atoms with E-state index in [1.54, 1.807) is 0 Å². The van der Waals surface area contributed by atoms with Gasteiger partial charge in [0.15, 0.2) is 0 Å². The number of esters is 3. The number of hydrogen-bond donors (Lipinski definition) is 0. The molecule has 0 aromatic carbocycles. The number of carbonyl (C=O) groups is 3. The summed E-state index contributed by atoms with van der Waals surface area (Å²) in [6.07, 6.45) is 0. The minimum Gasteiger partial charge on any atom is -0.459 e. The van der Waals surface area contributed by atoms with Crippen molar-refractivity contribution in [2.75, 3.05) is 78.5 Å². The van der Waals surface area contributed by atoms with Gasteiger partial charge in [-0.2, -0.15) is 0 Å². The van der Waals surface area contributed by atoms with Gasteiger partial charge in [-0.05, 0) is 68.9 Å². The van der Waals surface area contributed by atoms with E-state index < -0.39 is 16.8 Å².